The Kier molecular flexibility index (Phi) is 3.90. The molecule has 0 aromatic heterocycles. The molecule has 4 rings (SSSR count). The van der Waals surface area contributed by atoms with Crippen LogP contribution in [0.4, 0.5) is 11.4 Å². The summed E-state index contributed by atoms with van der Waals surface area (Å²) in [4.78, 5) is 25.8. The van der Waals surface area contributed by atoms with E-state index in [9.17, 15) is 14.7 Å². The number of carbonyl (C=O) groups excluding carboxylic acids is 2. The van der Waals surface area contributed by atoms with E-state index in [1.165, 1.54) is 0 Å². The van der Waals surface area contributed by atoms with Gasteiger partial charge in [-0.15, -0.1) is 0 Å². The molecular weight excluding hydrogens is 326 g/mol. The first-order valence-corrected chi connectivity index (χ1v) is 8.43. The van der Waals surface area contributed by atoms with Crippen LogP contribution >= 0.6 is 0 Å². The van der Waals surface area contributed by atoms with Crippen molar-refractivity contribution in [1.82, 2.24) is 0 Å². The Morgan fingerprint density at radius 2 is 1.38 bits per heavy atom. The van der Waals surface area contributed by atoms with Crippen LogP contribution in [0.2, 0.25) is 0 Å². The molecular formula is C22H17NO3. The Morgan fingerprint density at radius 1 is 0.769 bits per heavy atom. The van der Waals surface area contributed by atoms with Gasteiger partial charge in [0.25, 0.3) is 0 Å². The van der Waals surface area contributed by atoms with Gasteiger partial charge in [0.1, 0.15) is 0 Å². The molecule has 1 aliphatic rings. The number of aliphatic hydroxyl groups excluding tert-OH is 1. The fourth-order valence-electron chi connectivity index (χ4n) is 3.25. The standard InChI is InChI=1S/C22H17NO3/c1-13(24)14-9-11-15(12-10-14)23-19-8-4-7-18-20(19)22(26)17-6-3-2-5-16(17)21(18)25/h2-13,23-24H,1H3. The largest absolute Gasteiger partial charge is 0.389 e. The molecule has 3 aromatic rings. The van der Waals surface area contributed by atoms with Gasteiger partial charge in [0.05, 0.1) is 17.4 Å². The van der Waals surface area contributed by atoms with Crippen molar-refractivity contribution < 1.29 is 14.7 Å². The highest BCUT2D eigenvalue weighted by atomic mass is 16.3. The fraction of sp³-hybridized carbons (Fsp3) is 0.0909. The zero-order chi connectivity index (χ0) is 18.3. The molecule has 1 atom stereocenters. The summed E-state index contributed by atoms with van der Waals surface area (Å²) >= 11 is 0. The van der Waals surface area contributed by atoms with Crippen LogP contribution in [0.15, 0.2) is 66.7 Å². The molecule has 4 heteroatoms. The minimum absolute atomic E-state index is 0.136. The first-order valence-electron chi connectivity index (χ1n) is 8.43. The highest BCUT2D eigenvalue weighted by Crippen LogP contribution is 2.33. The zero-order valence-corrected chi connectivity index (χ0v) is 14.2. The number of aliphatic hydroxyl groups is 1. The monoisotopic (exact) mass is 343 g/mol. The summed E-state index contributed by atoms with van der Waals surface area (Å²) in [6, 6.07) is 19.5. The van der Waals surface area contributed by atoms with E-state index in [2.05, 4.69) is 5.32 Å². The summed E-state index contributed by atoms with van der Waals surface area (Å²) in [6.07, 6.45) is -0.538. The van der Waals surface area contributed by atoms with Gasteiger partial charge in [0.15, 0.2) is 11.6 Å². The van der Waals surface area contributed by atoms with Crippen molar-refractivity contribution in [3.05, 3.63) is 94.5 Å². The van der Waals surface area contributed by atoms with Crippen molar-refractivity contribution in [3.63, 3.8) is 0 Å². The Balaban J connectivity index is 1.76. The lowest BCUT2D eigenvalue weighted by molar-refractivity contribution is 0.0979. The number of carbonyl (C=O) groups is 2. The maximum absolute atomic E-state index is 13.0. The van der Waals surface area contributed by atoms with Gasteiger partial charge >= 0.3 is 0 Å². The van der Waals surface area contributed by atoms with Crippen molar-refractivity contribution in [2.45, 2.75) is 13.0 Å². The minimum atomic E-state index is -0.538. The van der Waals surface area contributed by atoms with Crippen molar-refractivity contribution in [2.75, 3.05) is 5.32 Å². The smallest absolute Gasteiger partial charge is 0.196 e. The Morgan fingerprint density at radius 3 is 2.04 bits per heavy atom. The molecule has 0 heterocycles. The molecule has 0 fully saturated rings. The summed E-state index contributed by atoms with van der Waals surface area (Å²) in [5.74, 6) is -0.290. The van der Waals surface area contributed by atoms with Crippen LogP contribution in [0.25, 0.3) is 0 Å². The minimum Gasteiger partial charge on any atom is -0.389 e. The van der Waals surface area contributed by atoms with Crippen molar-refractivity contribution in [1.29, 1.82) is 0 Å². The number of nitrogens with one attached hydrogen (secondary N) is 1. The second-order valence-electron chi connectivity index (χ2n) is 6.35. The maximum Gasteiger partial charge on any atom is 0.196 e. The number of hydrogen-bond acceptors (Lipinski definition) is 4. The highest BCUT2D eigenvalue weighted by molar-refractivity contribution is 6.30. The number of ketones is 2. The van der Waals surface area contributed by atoms with Gasteiger partial charge in [-0.05, 0) is 30.7 Å². The van der Waals surface area contributed by atoms with Crippen LogP contribution < -0.4 is 5.32 Å². The van der Waals surface area contributed by atoms with E-state index in [4.69, 9.17) is 0 Å². The zero-order valence-electron chi connectivity index (χ0n) is 14.2. The molecule has 0 aliphatic heterocycles. The normalized spacial score (nSPS) is 13.8. The Bertz CT molecular complexity index is 1020. The van der Waals surface area contributed by atoms with E-state index >= 15 is 0 Å². The Labute approximate surface area is 151 Å². The van der Waals surface area contributed by atoms with Crippen LogP contribution in [0.3, 0.4) is 0 Å². The van der Waals surface area contributed by atoms with Crippen LogP contribution in [-0.4, -0.2) is 16.7 Å². The van der Waals surface area contributed by atoms with E-state index in [1.807, 2.05) is 24.3 Å². The topological polar surface area (TPSA) is 66.4 Å². The average molecular weight is 343 g/mol. The fourth-order valence-corrected chi connectivity index (χ4v) is 3.25. The van der Waals surface area contributed by atoms with E-state index < -0.39 is 6.10 Å². The van der Waals surface area contributed by atoms with E-state index in [0.717, 1.165) is 11.3 Å². The van der Waals surface area contributed by atoms with Crippen LogP contribution in [0.1, 0.15) is 50.4 Å². The van der Waals surface area contributed by atoms with Crippen molar-refractivity contribution in [3.8, 4) is 0 Å². The average Bonchev–Trinajstić information content (AvgIpc) is 2.66. The lowest BCUT2D eigenvalue weighted by Gasteiger charge is -2.20. The number of fused-ring (bicyclic) bond motifs is 2. The van der Waals surface area contributed by atoms with Gasteiger partial charge in [-0.2, -0.15) is 0 Å². The molecule has 1 aliphatic carbocycles. The number of benzene rings is 3. The van der Waals surface area contributed by atoms with E-state index in [1.54, 1.807) is 49.4 Å². The molecule has 0 spiro atoms. The second kappa shape index (κ2) is 6.24. The van der Waals surface area contributed by atoms with Crippen LogP contribution in [0.5, 0.6) is 0 Å². The molecule has 2 N–H and O–H groups in total. The molecule has 0 saturated heterocycles. The molecule has 4 nitrogen and oxygen atoms in total. The third kappa shape index (κ3) is 2.61. The third-order valence-electron chi connectivity index (χ3n) is 4.62. The van der Waals surface area contributed by atoms with Crippen LogP contribution in [-0.2, 0) is 0 Å². The molecule has 1 unspecified atom stereocenters. The molecule has 0 amide bonds. The van der Waals surface area contributed by atoms with Crippen molar-refractivity contribution >= 4 is 22.9 Å². The second-order valence-corrected chi connectivity index (χ2v) is 6.35. The first-order chi connectivity index (χ1) is 12.6. The molecule has 0 bridgehead atoms. The van der Waals surface area contributed by atoms with E-state index in [0.29, 0.717) is 27.9 Å². The number of rotatable bonds is 3. The molecule has 0 radical (unpaired) electrons. The number of hydrogen-bond donors (Lipinski definition) is 2. The van der Waals surface area contributed by atoms with Gasteiger partial charge in [-0.1, -0.05) is 48.5 Å². The van der Waals surface area contributed by atoms with Gasteiger partial charge in [-0.3, -0.25) is 9.59 Å². The molecule has 26 heavy (non-hydrogen) atoms. The summed E-state index contributed by atoms with van der Waals surface area (Å²) in [6.45, 7) is 1.71. The van der Waals surface area contributed by atoms with Crippen LogP contribution in [0, 0.1) is 0 Å². The SMILES string of the molecule is CC(O)c1ccc(Nc2cccc3c2C(=O)c2ccccc2C3=O)cc1. The summed E-state index contributed by atoms with van der Waals surface area (Å²) in [7, 11) is 0. The summed E-state index contributed by atoms with van der Waals surface area (Å²) < 4.78 is 0. The quantitative estimate of drug-likeness (QED) is 0.583. The number of anilines is 2. The highest BCUT2D eigenvalue weighted by Gasteiger charge is 2.31. The predicted octanol–water partition coefficient (Wildman–Crippen LogP) is 4.26. The van der Waals surface area contributed by atoms with Gasteiger partial charge in [-0.25, -0.2) is 0 Å². The van der Waals surface area contributed by atoms with Gasteiger partial charge < -0.3 is 10.4 Å². The molecule has 3 aromatic carbocycles. The van der Waals surface area contributed by atoms with E-state index in [-0.39, 0.29) is 11.6 Å². The van der Waals surface area contributed by atoms with Gasteiger partial charge in [0.2, 0.25) is 0 Å². The summed E-state index contributed by atoms with van der Waals surface area (Å²) in [5.41, 5.74) is 3.88. The maximum atomic E-state index is 13.0. The third-order valence-corrected chi connectivity index (χ3v) is 4.62. The Hall–Kier alpha value is -3.24. The lowest BCUT2D eigenvalue weighted by atomic mass is 9.83. The van der Waals surface area contributed by atoms with Crippen molar-refractivity contribution in [2.24, 2.45) is 0 Å². The lowest BCUT2D eigenvalue weighted by Crippen LogP contribution is -2.22. The van der Waals surface area contributed by atoms with Gasteiger partial charge in [0, 0.05) is 22.4 Å². The first kappa shape index (κ1) is 16.2. The predicted molar refractivity (Wildman–Crippen MR) is 100 cm³/mol. The molecule has 0 saturated carbocycles. The summed E-state index contributed by atoms with van der Waals surface area (Å²) in [5, 5.41) is 12.8. The molecule has 128 valence electrons.